The summed E-state index contributed by atoms with van der Waals surface area (Å²) in [5.41, 5.74) is 4.02. The molecule has 0 aromatic heterocycles. The average molecular weight is 562 g/mol. The first kappa shape index (κ1) is 29.3. The van der Waals surface area contributed by atoms with E-state index < -0.39 is 28.5 Å². The smallest absolute Gasteiger partial charge is 0.244 e. The highest BCUT2D eigenvalue weighted by Crippen LogP contribution is 2.24. The van der Waals surface area contributed by atoms with Crippen molar-refractivity contribution in [2.45, 2.75) is 64.6 Å². The van der Waals surface area contributed by atoms with Crippen molar-refractivity contribution in [2.24, 2.45) is 0 Å². The predicted molar refractivity (Wildman–Crippen MR) is 159 cm³/mol. The number of sulfonamides is 1. The van der Waals surface area contributed by atoms with Crippen LogP contribution in [0.25, 0.3) is 0 Å². The lowest BCUT2D eigenvalue weighted by molar-refractivity contribution is -0.140. The predicted octanol–water partition coefficient (Wildman–Crippen LogP) is 4.77. The summed E-state index contributed by atoms with van der Waals surface area (Å²) < 4.78 is 27.1. The van der Waals surface area contributed by atoms with Gasteiger partial charge in [0.05, 0.1) is 11.9 Å². The van der Waals surface area contributed by atoms with Crippen molar-refractivity contribution in [1.82, 2.24) is 10.2 Å². The van der Waals surface area contributed by atoms with Gasteiger partial charge in [-0.05, 0) is 61.1 Å². The highest BCUT2D eigenvalue weighted by molar-refractivity contribution is 7.92. The standard InChI is InChI=1S/C32H39N3O4S/c1-24-18-25(2)20-29(19-24)35(40(3,38)39)23-31(36)34(22-27-14-8-5-9-15-27)30(21-26-12-6-4-7-13-26)32(37)33-28-16-10-11-17-28/h4-9,12-15,18-20,28,30H,10-11,16-17,21-23H2,1-3H3,(H,33,37)/t30-/m1/s1. The molecule has 3 aromatic rings. The topological polar surface area (TPSA) is 86.8 Å². The second-order valence-electron chi connectivity index (χ2n) is 10.8. The van der Waals surface area contributed by atoms with Crippen LogP contribution in [0.2, 0.25) is 0 Å². The maximum Gasteiger partial charge on any atom is 0.244 e. The fourth-order valence-electron chi connectivity index (χ4n) is 5.41. The van der Waals surface area contributed by atoms with Crippen LogP contribution >= 0.6 is 0 Å². The van der Waals surface area contributed by atoms with E-state index in [1.807, 2.05) is 80.6 Å². The maximum atomic E-state index is 14.2. The lowest BCUT2D eigenvalue weighted by atomic mass is 10.0. The summed E-state index contributed by atoms with van der Waals surface area (Å²) in [5.74, 6) is -0.645. The van der Waals surface area contributed by atoms with Gasteiger partial charge in [0, 0.05) is 19.0 Å². The maximum absolute atomic E-state index is 14.2. The fraction of sp³-hybridized carbons (Fsp3) is 0.375. The van der Waals surface area contributed by atoms with Crippen LogP contribution in [0, 0.1) is 13.8 Å². The number of nitrogens with zero attached hydrogens (tertiary/aromatic N) is 2. The molecule has 1 N–H and O–H groups in total. The number of anilines is 1. The second kappa shape index (κ2) is 13.1. The van der Waals surface area contributed by atoms with Crippen LogP contribution in [0.5, 0.6) is 0 Å². The molecule has 0 aliphatic heterocycles. The number of nitrogens with one attached hydrogen (secondary N) is 1. The molecule has 0 spiro atoms. The van der Waals surface area contributed by atoms with Crippen LogP contribution in [0.15, 0.2) is 78.9 Å². The Morgan fingerprint density at radius 2 is 1.43 bits per heavy atom. The van der Waals surface area contributed by atoms with E-state index in [0.717, 1.165) is 58.5 Å². The summed E-state index contributed by atoms with van der Waals surface area (Å²) in [6.45, 7) is 3.56. The minimum atomic E-state index is -3.79. The average Bonchev–Trinajstić information content (AvgIpc) is 3.42. The van der Waals surface area contributed by atoms with Gasteiger partial charge in [0.15, 0.2) is 0 Å². The number of rotatable bonds is 11. The van der Waals surface area contributed by atoms with E-state index in [2.05, 4.69) is 5.32 Å². The van der Waals surface area contributed by atoms with Gasteiger partial charge in [-0.25, -0.2) is 8.42 Å². The molecule has 0 saturated heterocycles. The van der Waals surface area contributed by atoms with E-state index in [1.54, 1.807) is 17.0 Å². The number of aryl methyl sites for hydroxylation is 2. The number of hydrogen-bond acceptors (Lipinski definition) is 4. The summed E-state index contributed by atoms with van der Waals surface area (Å²) in [7, 11) is -3.79. The lowest BCUT2D eigenvalue weighted by Crippen LogP contribution is -2.54. The summed E-state index contributed by atoms with van der Waals surface area (Å²) in [6, 6.07) is 23.9. The minimum Gasteiger partial charge on any atom is -0.352 e. The Bertz CT molecular complexity index is 1380. The molecule has 1 fully saturated rings. The molecule has 212 valence electrons. The van der Waals surface area contributed by atoms with Gasteiger partial charge in [-0.2, -0.15) is 0 Å². The molecular weight excluding hydrogens is 522 g/mol. The van der Waals surface area contributed by atoms with E-state index in [0.29, 0.717) is 12.1 Å². The Hall–Kier alpha value is -3.65. The van der Waals surface area contributed by atoms with Crippen molar-refractivity contribution in [3.63, 3.8) is 0 Å². The van der Waals surface area contributed by atoms with E-state index in [4.69, 9.17) is 0 Å². The molecule has 0 heterocycles. The van der Waals surface area contributed by atoms with Crippen molar-refractivity contribution in [3.05, 3.63) is 101 Å². The molecule has 0 unspecified atom stereocenters. The fourth-order valence-corrected chi connectivity index (χ4v) is 6.24. The Labute approximate surface area is 238 Å². The number of carbonyl (C=O) groups excluding carboxylic acids is 2. The zero-order valence-corrected chi connectivity index (χ0v) is 24.4. The van der Waals surface area contributed by atoms with Gasteiger partial charge in [-0.3, -0.25) is 13.9 Å². The van der Waals surface area contributed by atoms with Crippen LogP contribution in [-0.4, -0.2) is 50.0 Å². The highest BCUT2D eigenvalue weighted by atomic mass is 32.2. The van der Waals surface area contributed by atoms with Gasteiger partial charge in [0.25, 0.3) is 0 Å². The SMILES string of the molecule is Cc1cc(C)cc(N(CC(=O)N(Cc2ccccc2)[C@H](Cc2ccccc2)C(=O)NC2CCCC2)S(C)(=O)=O)c1. The Kier molecular flexibility index (Phi) is 9.63. The molecular formula is C32H39N3O4S. The Balaban J connectivity index is 1.72. The van der Waals surface area contributed by atoms with Crippen LogP contribution in [0.4, 0.5) is 5.69 Å². The third-order valence-electron chi connectivity index (χ3n) is 7.34. The number of carbonyl (C=O) groups is 2. The van der Waals surface area contributed by atoms with Gasteiger partial charge in [0.1, 0.15) is 12.6 Å². The minimum absolute atomic E-state index is 0.0854. The summed E-state index contributed by atoms with van der Waals surface area (Å²) in [4.78, 5) is 29.6. The van der Waals surface area contributed by atoms with E-state index in [9.17, 15) is 18.0 Å². The molecule has 1 aliphatic carbocycles. The van der Waals surface area contributed by atoms with Crippen molar-refractivity contribution in [2.75, 3.05) is 17.1 Å². The van der Waals surface area contributed by atoms with Crippen molar-refractivity contribution < 1.29 is 18.0 Å². The summed E-state index contributed by atoms with van der Waals surface area (Å²) in [5, 5.41) is 3.19. The molecule has 0 bridgehead atoms. The monoisotopic (exact) mass is 561 g/mol. The molecule has 4 rings (SSSR count). The van der Waals surface area contributed by atoms with Crippen LogP contribution in [-0.2, 0) is 32.6 Å². The molecule has 3 aromatic carbocycles. The molecule has 8 heteroatoms. The van der Waals surface area contributed by atoms with Gasteiger partial charge in [-0.1, -0.05) is 79.6 Å². The van der Waals surface area contributed by atoms with Crippen molar-refractivity contribution in [1.29, 1.82) is 0 Å². The zero-order valence-electron chi connectivity index (χ0n) is 23.5. The van der Waals surface area contributed by atoms with E-state index in [-0.39, 0.29) is 18.5 Å². The van der Waals surface area contributed by atoms with Crippen molar-refractivity contribution in [3.8, 4) is 0 Å². The van der Waals surface area contributed by atoms with Gasteiger partial charge >= 0.3 is 0 Å². The first-order valence-electron chi connectivity index (χ1n) is 13.8. The first-order chi connectivity index (χ1) is 19.1. The quantitative estimate of drug-likeness (QED) is 0.366. The number of amides is 2. The molecule has 0 radical (unpaired) electrons. The van der Waals surface area contributed by atoms with Crippen LogP contribution < -0.4 is 9.62 Å². The van der Waals surface area contributed by atoms with Crippen LogP contribution in [0.1, 0.15) is 47.9 Å². The largest absolute Gasteiger partial charge is 0.352 e. The van der Waals surface area contributed by atoms with Gasteiger partial charge < -0.3 is 10.2 Å². The summed E-state index contributed by atoms with van der Waals surface area (Å²) >= 11 is 0. The van der Waals surface area contributed by atoms with E-state index in [1.165, 1.54) is 0 Å². The van der Waals surface area contributed by atoms with Crippen molar-refractivity contribution >= 4 is 27.5 Å². The third kappa shape index (κ3) is 7.94. The third-order valence-corrected chi connectivity index (χ3v) is 8.48. The van der Waals surface area contributed by atoms with Crippen LogP contribution in [0.3, 0.4) is 0 Å². The van der Waals surface area contributed by atoms with Gasteiger partial charge in [-0.15, -0.1) is 0 Å². The van der Waals surface area contributed by atoms with Gasteiger partial charge in [0.2, 0.25) is 21.8 Å². The normalized spacial score (nSPS) is 14.5. The molecule has 1 aliphatic rings. The zero-order chi connectivity index (χ0) is 28.7. The van der Waals surface area contributed by atoms with E-state index >= 15 is 0 Å². The lowest BCUT2D eigenvalue weighted by Gasteiger charge is -2.34. The molecule has 1 saturated carbocycles. The first-order valence-corrected chi connectivity index (χ1v) is 15.7. The highest BCUT2D eigenvalue weighted by Gasteiger charge is 2.34. The number of hydrogen-bond donors (Lipinski definition) is 1. The molecule has 2 amide bonds. The Morgan fingerprint density at radius 1 is 0.875 bits per heavy atom. The second-order valence-corrected chi connectivity index (χ2v) is 12.7. The summed E-state index contributed by atoms with van der Waals surface area (Å²) in [6.07, 6.45) is 5.41. The number of benzene rings is 3. The molecule has 7 nitrogen and oxygen atoms in total. The molecule has 40 heavy (non-hydrogen) atoms. The molecule has 1 atom stereocenters. The Morgan fingerprint density at radius 3 is 1.98 bits per heavy atom.